The van der Waals surface area contributed by atoms with Crippen LogP contribution in [-0.4, -0.2) is 57.0 Å². The lowest BCUT2D eigenvalue weighted by Gasteiger charge is -2.42. The van der Waals surface area contributed by atoms with E-state index >= 15 is 0 Å². The molecule has 4 heterocycles. The normalized spacial score (nSPS) is 30.1. The van der Waals surface area contributed by atoms with E-state index in [9.17, 15) is 14.7 Å². The number of fused-ring (bicyclic) bond motifs is 2. The zero-order valence-corrected chi connectivity index (χ0v) is 22.2. The van der Waals surface area contributed by atoms with Crippen molar-refractivity contribution >= 4 is 59.0 Å². The summed E-state index contributed by atoms with van der Waals surface area (Å²) >= 11 is 6.42. The number of aliphatic carboxylic acids is 1. The molecule has 0 amide bonds. The molecule has 1 aromatic carbocycles. The highest BCUT2D eigenvalue weighted by molar-refractivity contribution is 8.21. The molecule has 4 aliphatic heterocycles. The maximum Gasteiger partial charge on any atom is 0.308 e. The molecule has 0 saturated carbocycles. The summed E-state index contributed by atoms with van der Waals surface area (Å²) in [5, 5.41) is 9.52. The van der Waals surface area contributed by atoms with Crippen LogP contribution in [-0.2, 0) is 33.3 Å². The van der Waals surface area contributed by atoms with E-state index in [1.165, 1.54) is 23.5 Å². The molecule has 0 atom stereocenters. The molecule has 0 radical (unpaired) electrons. The van der Waals surface area contributed by atoms with Gasteiger partial charge in [0.1, 0.15) is 0 Å². The van der Waals surface area contributed by atoms with Gasteiger partial charge < -0.3 is 28.8 Å². The molecule has 34 heavy (non-hydrogen) atoms. The standard InChI is InChI=1S/C22H26O8S4/c1-4-26-18(25)8-21(7-17(23)24)31-13-5-15-16(6-14(13)32-21)34-22(33-15,9-19-27-11(2)28-19)10-20-29-12(3)30-20/h5-6,11-12,19-20H,4,7-10H2,1-3H3,(H,23,24). The minimum Gasteiger partial charge on any atom is -0.481 e. The van der Waals surface area contributed by atoms with Crippen molar-refractivity contribution in [1.29, 1.82) is 0 Å². The van der Waals surface area contributed by atoms with E-state index in [1.807, 2.05) is 13.8 Å². The molecular formula is C22H26O8S4. The second kappa shape index (κ2) is 9.70. The lowest BCUT2D eigenvalue weighted by Crippen LogP contribution is -2.46. The number of carboxylic acid groups (broad SMARTS) is 1. The molecule has 0 bridgehead atoms. The number of carbonyl (C=O) groups excluding carboxylic acids is 1. The van der Waals surface area contributed by atoms with Gasteiger partial charge in [0, 0.05) is 32.4 Å². The Hall–Kier alpha value is -0.600. The third-order valence-corrected chi connectivity index (χ3v) is 11.9. The summed E-state index contributed by atoms with van der Waals surface area (Å²) in [5.74, 6) is -1.31. The fourth-order valence-electron chi connectivity index (χ4n) is 4.38. The van der Waals surface area contributed by atoms with Gasteiger partial charge in [-0.05, 0) is 32.9 Å². The molecular weight excluding hydrogens is 521 g/mol. The molecule has 0 aromatic heterocycles. The number of hydrogen-bond donors (Lipinski definition) is 1. The van der Waals surface area contributed by atoms with Crippen molar-refractivity contribution in [3.05, 3.63) is 12.1 Å². The SMILES string of the molecule is CCOC(=O)CC1(CC(=O)O)Sc2cc3c(cc2S1)SC(CC1OC(C)O1)(CC1OC(C)O1)S3. The van der Waals surface area contributed by atoms with E-state index in [4.69, 9.17) is 23.7 Å². The average molecular weight is 547 g/mol. The third-order valence-electron chi connectivity index (χ3n) is 5.66. The molecule has 1 aromatic rings. The van der Waals surface area contributed by atoms with E-state index in [1.54, 1.807) is 30.4 Å². The van der Waals surface area contributed by atoms with E-state index < -0.39 is 10.0 Å². The second-order valence-corrected chi connectivity index (χ2v) is 14.7. The number of carbonyl (C=O) groups is 2. The van der Waals surface area contributed by atoms with Gasteiger partial charge in [0.25, 0.3) is 0 Å². The minimum absolute atomic E-state index is 0.0368. The van der Waals surface area contributed by atoms with Crippen molar-refractivity contribution in [3.8, 4) is 0 Å². The molecule has 0 spiro atoms. The fourth-order valence-corrected chi connectivity index (χ4v) is 11.0. The first-order valence-corrected chi connectivity index (χ1v) is 14.4. The lowest BCUT2D eigenvalue weighted by atomic mass is 10.2. The molecule has 0 unspecified atom stereocenters. The summed E-state index contributed by atoms with van der Waals surface area (Å²) < 4.78 is 27.0. The van der Waals surface area contributed by atoms with Gasteiger partial charge in [0.05, 0.1) is 27.6 Å². The van der Waals surface area contributed by atoms with Crippen molar-refractivity contribution in [1.82, 2.24) is 0 Å². The maximum absolute atomic E-state index is 12.2. The predicted octanol–water partition coefficient (Wildman–Crippen LogP) is 5.12. The molecule has 2 fully saturated rings. The van der Waals surface area contributed by atoms with Crippen LogP contribution in [0.5, 0.6) is 0 Å². The van der Waals surface area contributed by atoms with Gasteiger partial charge in [0.15, 0.2) is 25.2 Å². The van der Waals surface area contributed by atoms with Gasteiger partial charge in [-0.25, -0.2) is 0 Å². The van der Waals surface area contributed by atoms with Gasteiger partial charge >= 0.3 is 11.9 Å². The van der Waals surface area contributed by atoms with Gasteiger partial charge in [0.2, 0.25) is 0 Å². The highest BCUT2D eigenvalue weighted by Crippen LogP contribution is 2.66. The van der Waals surface area contributed by atoms with Gasteiger partial charge in [-0.1, -0.05) is 0 Å². The smallest absolute Gasteiger partial charge is 0.308 e. The molecule has 1 N–H and O–H groups in total. The monoisotopic (exact) mass is 546 g/mol. The van der Waals surface area contributed by atoms with E-state index in [2.05, 4.69) is 12.1 Å². The van der Waals surface area contributed by atoms with Crippen LogP contribution in [0, 0.1) is 0 Å². The van der Waals surface area contributed by atoms with Crippen molar-refractivity contribution in [2.45, 2.75) is 99.4 Å². The van der Waals surface area contributed by atoms with Crippen LogP contribution in [0.4, 0.5) is 0 Å². The minimum atomic E-state index is -0.933. The molecule has 0 aliphatic carbocycles. The van der Waals surface area contributed by atoms with Crippen LogP contribution in [0.25, 0.3) is 0 Å². The number of benzene rings is 1. The summed E-state index contributed by atoms with van der Waals surface area (Å²) in [7, 11) is 0. The Morgan fingerprint density at radius 3 is 1.68 bits per heavy atom. The van der Waals surface area contributed by atoms with Gasteiger partial charge in [-0.3, -0.25) is 9.59 Å². The van der Waals surface area contributed by atoms with Crippen molar-refractivity contribution in [2.24, 2.45) is 0 Å². The Morgan fingerprint density at radius 2 is 1.29 bits per heavy atom. The Kier molecular flexibility index (Phi) is 7.15. The molecule has 5 rings (SSSR count). The summed E-state index contributed by atoms with van der Waals surface area (Å²) in [6.07, 6.45) is 0.398. The number of thioether (sulfide) groups is 4. The summed E-state index contributed by atoms with van der Waals surface area (Å²) in [6, 6.07) is 4.24. The summed E-state index contributed by atoms with van der Waals surface area (Å²) in [5.41, 5.74) is 0. The zero-order chi connectivity index (χ0) is 24.1. The maximum atomic E-state index is 12.2. The Balaban J connectivity index is 1.35. The van der Waals surface area contributed by atoms with Crippen LogP contribution in [0.2, 0.25) is 0 Å². The summed E-state index contributed by atoms with van der Waals surface area (Å²) in [4.78, 5) is 28.1. The number of ether oxygens (including phenoxy) is 5. The first-order chi connectivity index (χ1) is 16.2. The van der Waals surface area contributed by atoms with Crippen LogP contribution in [0.3, 0.4) is 0 Å². The van der Waals surface area contributed by atoms with Gasteiger partial charge in [-0.2, -0.15) is 0 Å². The van der Waals surface area contributed by atoms with Crippen LogP contribution < -0.4 is 0 Å². The Labute approximate surface area is 214 Å². The van der Waals surface area contributed by atoms with E-state index in [0.29, 0.717) is 12.8 Å². The number of rotatable bonds is 9. The van der Waals surface area contributed by atoms with Crippen LogP contribution in [0.1, 0.15) is 46.5 Å². The lowest BCUT2D eigenvalue weighted by molar-refractivity contribution is -0.386. The van der Waals surface area contributed by atoms with E-state index in [-0.39, 0.29) is 54.7 Å². The topological polar surface area (TPSA) is 101 Å². The van der Waals surface area contributed by atoms with Crippen molar-refractivity contribution < 1.29 is 38.4 Å². The number of esters is 1. The third kappa shape index (κ3) is 5.24. The molecule has 12 heteroatoms. The van der Waals surface area contributed by atoms with Gasteiger partial charge in [-0.15, -0.1) is 47.0 Å². The largest absolute Gasteiger partial charge is 0.481 e. The van der Waals surface area contributed by atoms with Crippen LogP contribution >= 0.6 is 47.0 Å². The highest BCUT2D eigenvalue weighted by atomic mass is 32.2. The number of carboxylic acids is 1. The average Bonchev–Trinajstić information content (AvgIpc) is 3.19. The number of hydrogen-bond acceptors (Lipinski definition) is 11. The quantitative estimate of drug-likeness (QED) is 0.416. The zero-order valence-electron chi connectivity index (χ0n) is 18.9. The Morgan fingerprint density at radius 1 is 0.853 bits per heavy atom. The highest BCUT2D eigenvalue weighted by Gasteiger charge is 2.50. The van der Waals surface area contributed by atoms with Crippen molar-refractivity contribution in [3.63, 3.8) is 0 Å². The molecule has 186 valence electrons. The van der Waals surface area contributed by atoms with E-state index in [0.717, 1.165) is 19.6 Å². The predicted molar refractivity (Wildman–Crippen MR) is 129 cm³/mol. The molecule has 2 saturated heterocycles. The van der Waals surface area contributed by atoms with Crippen LogP contribution in [0.15, 0.2) is 31.7 Å². The molecule has 4 aliphatic rings. The first kappa shape index (κ1) is 25.1. The first-order valence-electron chi connectivity index (χ1n) is 11.1. The van der Waals surface area contributed by atoms with Crippen molar-refractivity contribution in [2.75, 3.05) is 6.61 Å². The fraction of sp³-hybridized carbons (Fsp3) is 0.636. The Bertz CT molecular complexity index is 919. The second-order valence-electron chi connectivity index (χ2n) is 8.47. The molecule has 8 nitrogen and oxygen atoms in total. The summed E-state index contributed by atoms with van der Waals surface area (Å²) in [6.45, 7) is 5.78.